The number of aromatic nitrogens is 3. The lowest BCUT2D eigenvalue weighted by Crippen LogP contribution is -2.51. The molecule has 2 heterocycles. The highest BCUT2D eigenvalue weighted by atomic mass is 79.9. The number of amides is 2. The van der Waals surface area contributed by atoms with Crippen molar-refractivity contribution >= 4 is 61.1 Å². The first kappa shape index (κ1) is 23.0. The molecule has 0 aliphatic carbocycles. The van der Waals surface area contributed by atoms with Crippen LogP contribution in [0, 0.1) is 0 Å². The molecule has 2 aromatic rings. The minimum absolute atomic E-state index is 0.0100. The quantitative estimate of drug-likeness (QED) is 0.605. The second kappa shape index (κ2) is 9.20. The van der Waals surface area contributed by atoms with Crippen LogP contribution in [0.25, 0.3) is 0 Å². The molecule has 1 fully saturated rings. The number of carbonyl (C=O) groups excluding carboxylic acids is 2. The molecule has 1 N–H and O–H groups in total. The number of nitrogens with zero attached hydrogens (tertiary/aromatic N) is 5. The fourth-order valence-corrected chi connectivity index (χ4v) is 3.39. The van der Waals surface area contributed by atoms with Crippen LogP contribution in [-0.4, -0.2) is 69.5 Å². The molecule has 2 amide bonds. The van der Waals surface area contributed by atoms with Gasteiger partial charge in [-0.15, -0.1) is 10.2 Å². The average Bonchev–Trinajstić information content (AvgIpc) is 3.01. The van der Waals surface area contributed by atoms with Crippen LogP contribution in [0.2, 0.25) is 5.02 Å². The largest absolute Gasteiger partial charge is 0.416 e. The first-order valence-electron chi connectivity index (χ1n) is 8.51. The molecule has 0 spiro atoms. The minimum Gasteiger partial charge on any atom is -0.324 e. The standard InChI is InChI=1S/C16H14Br2ClF3N6O2/c17-13-14(18)25-28(24-13)15(30)27-5-3-26(4-6-27)8-12(29)23-11-7-9(16(20,21)22)1-2-10(11)19/h1-2,7H,3-6,8H2,(H,23,29). The van der Waals surface area contributed by atoms with E-state index in [9.17, 15) is 22.8 Å². The Balaban J connectivity index is 1.54. The van der Waals surface area contributed by atoms with Crippen LogP contribution < -0.4 is 5.32 Å². The summed E-state index contributed by atoms with van der Waals surface area (Å²) >= 11 is 12.2. The Morgan fingerprint density at radius 2 is 1.70 bits per heavy atom. The number of alkyl halides is 3. The predicted octanol–water partition coefficient (Wildman–Crippen LogP) is 3.70. The Labute approximate surface area is 190 Å². The van der Waals surface area contributed by atoms with Gasteiger partial charge in [0.15, 0.2) is 9.21 Å². The molecule has 162 valence electrons. The van der Waals surface area contributed by atoms with E-state index in [0.717, 1.165) is 23.0 Å². The molecule has 0 radical (unpaired) electrons. The molecule has 3 rings (SSSR count). The smallest absolute Gasteiger partial charge is 0.324 e. The van der Waals surface area contributed by atoms with Gasteiger partial charge in [-0.3, -0.25) is 9.69 Å². The number of anilines is 1. The lowest BCUT2D eigenvalue weighted by Gasteiger charge is -2.33. The fraction of sp³-hybridized carbons (Fsp3) is 0.375. The zero-order chi connectivity index (χ0) is 22.1. The summed E-state index contributed by atoms with van der Waals surface area (Å²) in [6.45, 7) is 1.43. The molecule has 1 aromatic carbocycles. The maximum Gasteiger partial charge on any atom is 0.416 e. The van der Waals surface area contributed by atoms with E-state index in [1.807, 2.05) is 0 Å². The van der Waals surface area contributed by atoms with E-state index in [1.165, 1.54) is 4.90 Å². The first-order chi connectivity index (χ1) is 14.0. The average molecular weight is 575 g/mol. The zero-order valence-corrected chi connectivity index (χ0v) is 19.0. The molecule has 1 saturated heterocycles. The second-order valence-electron chi connectivity index (χ2n) is 6.36. The highest BCUT2D eigenvalue weighted by Crippen LogP contribution is 2.33. The van der Waals surface area contributed by atoms with E-state index in [1.54, 1.807) is 4.90 Å². The molecule has 1 aromatic heterocycles. The molecule has 0 unspecified atom stereocenters. The topological polar surface area (TPSA) is 83.4 Å². The van der Waals surface area contributed by atoms with Crippen molar-refractivity contribution in [3.05, 3.63) is 38.0 Å². The minimum atomic E-state index is -4.54. The SMILES string of the molecule is O=C(CN1CCN(C(=O)n2nc(Br)c(Br)n2)CC1)Nc1cc(C(F)(F)F)ccc1Cl. The number of rotatable bonds is 3. The summed E-state index contributed by atoms with van der Waals surface area (Å²) < 4.78 is 39.3. The van der Waals surface area contributed by atoms with Gasteiger partial charge in [-0.05, 0) is 50.1 Å². The van der Waals surface area contributed by atoms with E-state index in [0.29, 0.717) is 35.4 Å². The molecule has 1 aliphatic heterocycles. The number of halogens is 6. The lowest BCUT2D eigenvalue weighted by atomic mass is 10.2. The number of benzene rings is 1. The van der Waals surface area contributed by atoms with Crippen molar-refractivity contribution < 1.29 is 22.8 Å². The summed E-state index contributed by atoms with van der Waals surface area (Å²) in [6.07, 6.45) is -4.54. The van der Waals surface area contributed by atoms with Crippen LogP contribution in [0.4, 0.5) is 23.7 Å². The van der Waals surface area contributed by atoms with Crippen molar-refractivity contribution in [2.75, 3.05) is 38.0 Å². The van der Waals surface area contributed by atoms with Gasteiger partial charge >= 0.3 is 12.2 Å². The van der Waals surface area contributed by atoms with Gasteiger partial charge in [0.1, 0.15) is 0 Å². The van der Waals surface area contributed by atoms with Gasteiger partial charge < -0.3 is 10.2 Å². The molecule has 8 nitrogen and oxygen atoms in total. The van der Waals surface area contributed by atoms with E-state index < -0.39 is 23.7 Å². The van der Waals surface area contributed by atoms with Crippen LogP contribution in [0.3, 0.4) is 0 Å². The summed E-state index contributed by atoms with van der Waals surface area (Å²) in [5.41, 5.74) is -1.01. The van der Waals surface area contributed by atoms with Crippen LogP contribution in [0.1, 0.15) is 5.56 Å². The molecule has 14 heteroatoms. The number of hydrogen-bond donors (Lipinski definition) is 1. The first-order valence-corrected chi connectivity index (χ1v) is 10.5. The van der Waals surface area contributed by atoms with Gasteiger partial charge in [0.05, 0.1) is 22.8 Å². The van der Waals surface area contributed by atoms with Gasteiger partial charge in [-0.2, -0.15) is 13.2 Å². The van der Waals surface area contributed by atoms with Crippen molar-refractivity contribution in [1.82, 2.24) is 24.8 Å². The molecule has 0 saturated carbocycles. The third-order valence-electron chi connectivity index (χ3n) is 4.28. The molecule has 1 aliphatic rings. The lowest BCUT2D eigenvalue weighted by molar-refractivity contribution is -0.137. The van der Waals surface area contributed by atoms with Crippen LogP contribution in [-0.2, 0) is 11.0 Å². The van der Waals surface area contributed by atoms with Gasteiger partial charge in [0.2, 0.25) is 5.91 Å². The van der Waals surface area contributed by atoms with Gasteiger partial charge in [-0.1, -0.05) is 16.4 Å². The number of hydrogen-bond acceptors (Lipinski definition) is 5. The monoisotopic (exact) mass is 572 g/mol. The molecular weight excluding hydrogens is 560 g/mol. The zero-order valence-electron chi connectivity index (χ0n) is 15.1. The van der Waals surface area contributed by atoms with Crippen LogP contribution in [0.5, 0.6) is 0 Å². The van der Waals surface area contributed by atoms with Gasteiger partial charge in [0.25, 0.3) is 0 Å². The normalized spacial score (nSPS) is 15.3. The third kappa shape index (κ3) is 5.50. The molecule has 30 heavy (non-hydrogen) atoms. The fourth-order valence-electron chi connectivity index (χ4n) is 2.77. The Bertz CT molecular complexity index is 943. The number of piperazine rings is 1. The summed E-state index contributed by atoms with van der Waals surface area (Å²) in [4.78, 5) is 29.0. The Hall–Kier alpha value is -1.70. The summed E-state index contributed by atoms with van der Waals surface area (Å²) in [7, 11) is 0. The van der Waals surface area contributed by atoms with Crippen LogP contribution in [0.15, 0.2) is 27.4 Å². The molecule has 0 atom stereocenters. The van der Waals surface area contributed by atoms with E-state index in [4.69, 9.17) is 11.6 Å². The summed E-state index contributed by atoms with van der Waals surface area (Å²) in [5.74, 6) is -0.502. The second-order valence-corrected chi connectivity index (χ2v) is 8.27. The van der Waals surface area contributed by atoms with Crippen molar-refractivity contribution in [3.63, 3.8) is 0 Å². The summed E-state index contributed by atoms with van der Waals surface area (Å²) in [6, 6.07) is 2.33. The Kier molecular flexibility index (Phi) is 7.05. The highest BCUT2D eigenvalue weighted by Gasteiger charge is 2.31. The number of nitrogens with one attached hydrogen (secondary N) is 1. The highest BCUT2D eigenvalue weighted by molar-refractivity contribution is 9.13. The third-order valence-corrected chi connectivity index (χ3v) is 6.21. The Morgan fingerprint density at radius 3 is 2.27 bits per heavy atom. The van der Waals surface area contributed by atoms with Gasteiger partial charge in [0, 0.05) is 26.2 Å². The number of carbonyl (C=O) groups is 2. The molecule has 0 bridgehead atoms. The van der Waals surface area contributed by atoms with Crippen molar-refractivity contribution in [1.29, 1.82) is 0 Å². The van der Waals surface area contributed by atoms with Crippen molar-refractivity contribution in [2.24, 2.45) is 0 Å². The van der Waals surface area contributed by atoms with E-state index in [-0.39, 0.29) is 17.3 Å². The van der Waals surface area contributed by atoms with E-state index in [2.05, 4.69) is 47.4 Å². The van der Waals surface area contributed by atoms with Gasteiger partial charge in [-0.25, -0.2) is 4.79 Å². The van der Waals surface area contributed by atoms with Crippen molar-refractivity contribution in [3.8, 4) is 0 Å². The predicted molar refractivity (Wildman–Crippen MR) is 109 cm³/mol. The van der Waals surface area contributed by atoms with E-state index >= 15 is 0 Å². The maximum absolute atomic E-state index is 12.8. The van der Waals surface area contributed by atoms with Crippen LogP contribution >= 0.6 is 43.5 Å². The summed E-state index contributed by atoms with van der Waals surface area (Å²) in [5, 5.41) is 10.3. The Morgan fingerprint density at radius 1 is 1.10 bits per heavy atom. The van der Waals surface area contributed by atoms with Crippen molar-refractivity contribution in [2.45, 2.75) is 6.18 Å². The maximum atomic E-state index is 12.8. The molecular formula is C16H14Br2ClF3N6O2.